The molecule has 0 spiro atoms. The lowest BCUT2D eigenvalue weighted by Gasteiger charge is -2.07. The molecule has 3 heteroatoms. The van der Waals surface area contributed by atoms with Crippen LogP contribution in [0.4, 0.5) is 11.5 Å². The minimum Gasteiger partial charge on any atom is -0.340 e. The second-order valence-corrected chi connectivity index (χ2v) is 3.97. The van der Waals surface area contributed by atoms with Crippen LogP contribution in [-0.4, -0.2) is 4.98 Å². The smallest absolute Gasteiger partial charge is 0.131 e. The third kappa shape index (κ3) is 2.61. The van der Waals surface area contributed by atoms with Crippen molar-refractivity contribution < 1.29 is 0 Å². The molecule has 0 unspecified atom stereocenters. The van der Waals surface area contributed by atoms with Crippen molar-refractivity contribution in [1.29, 1.82) is 5.26 Å². The second kappa shape index (κ2) is 4.67. The summed E-state index contributed by atoms with van der Waals surface area (Å²) in [6, 6.07) is 11.6. The maximum Gasteiger partial charge on any atom is 0.131 e. The Hall–Kier alpha value is -2.34. The Morgan fingerprint density at radius 2 is 1.94 bits per heavy atom. The molecule has 0 aliphatic rings. The highest BCUT2D eigenvalue weighted by atomic mass is 15.0. The van der Waals surface area contributed by atoms with Gasteiger partial charge in [0.1, 0.15) is 5.82 Å². The van der Waals surface area contributed by atoms with E-state index in [0.29, 0.717) is 11.4 Å². The monoisotopic (exact) mass is 223 g/mol. The molecular formula is C14H13N3. The molecule has 2 rings (SSSR count). The molecule has 17 heavy (non-hydrogen) atoms. The van der Waals surface area contributed by atoms with Crippen LogP contribution in [0, 0.1) is 25.2 Å². The molecule has 84 valence electrons. The quantitative estimate of drug-likeness (QED) is 0.849. The van der Waals surface area contributed by atoms with Gasteiger partial charge in [-0.2, -0.15) is 5.26 Å². The Morgan fingerprint density at radius 3 is 2.65 bits per heavy atom. The largest absolute Gasteiger partial charge is 0.340 e. The third-order valence-electron chi connectivity index (χ3n) is 2.67. The molecule has 0 radical (unpaired) electrons. The van der Waals surface area contributed by atoms with E-state index in [4.69, 9.17) is 5.26 Å². The average molecular weight is 223 g/mol. The summed E-state index contributed by atoms with van der Waals surface area (Å²) >= 11 is 0. The van der Waals surface area contributed by atoms with Crippen LogP contribution in [0.1, 0.15) is 16.7 Å². The first-order chi connectivity index (χ1) is 8.19. The van der Waals surface area contributed by atoms with E-state index in [-0.39, 0.29) is 0 Å². The predicted molar refractivity (Wildman–Crippen MR) is 68.2 cm³/mol. The molecule has 0 aliphatic carbocycles. The van der Waals surface area contributed by atoms with Gasteiger partial charge in [-0.3, -0.25) is 0 Å². The molecule has 2 aromatic rings. The van der Waals surface area contributed by atoms with E-state index in [9.17, 15) is 0 Å². The van der Waals surface area contributed by atoms with Crippen molar-refractivity contribution in [3.63, 3.8) is 0 Å². The summed E-state index contributed by atoms with van der Waals surface area (Å²) in [6.07, 6.45) is 1.63. The summed E-state index contributed by atoms with van der Waals surface area (Å²) in [7, 11) is 0. The number of nitrogens with zero attached hydrogens (tertiary/aromatic N) is 2. The van der Waals surface area contributed by atoms with Gasteiger partial charge in [0.25, 0.3) is 0 Å². The SMILES string of the molecule is Cc1ccc(Nc2cc(C#N)ccn2)cc1C. The standard InChI is InChI=1S/C14H13N3/c1-10-3-4-13(7-11(10)2)17-14-8-12(9-15)5-6-16-14/h3-8H,1-2H3,(H,16,17). The van der Waals surface area contributed by atoms with E-state index in [1.807, 2.05) is 6.07 Å². The minimum absolute atomic E-state index is 0.603. The topological polar surface area (TPSA) is 48.7 Å². The van der Waals surface area contributed by atoms with E-state index in [2.05, 4.69) is 42.4 Å². The van der Waals surface area contributed by atoms with Crippen LogP contribution in [0.2, 0.25) is 0 Å². The zero-order valence-electron chi connectivity index (χ0n) is 9.86. The molecule has 0 amide bonds. The first kappa shape index (κ1) is 11.2. The van der Waals surface area contributed by atoms with E-state index in [0.717, 1.165) is 5.69 Å². The Balaban J connectivity index is 2.25. The zero-order chi connectivity index (χ0) is 12.3. The highest BCUT2D eigenvalue weighted by Gasteiger charge is 1.99. The number of aryl methyl sites for hydroxylation is 2. The molecule has 0 fully saturated rings. The molecule has 0 saturated carbocycles. The van der Waals surface area contributed by atoms with E-state index < -0.39 is 0 Å². The number of rotatable bonds is 2. The first-order valence-corrected chi connectivity index (χ1v) is 5.39. The summed E-state index contributed by atoms with van der Waals surface area (Å²) < 4.78 is 0. The lowest BCUT2D eigenvalue weighted by atomic mass is 10.1. The fraction of sp³-hybridized carbons (Fsp3) is 0.143. The van der Waals surface area contributed by atoms with Gasteiger partial charge in [0, 0.05) is 11.9 Å². The van der Waals surface area contributed by atoms with Crippen molar-refractivity contribution in [3.8, 4) is 6.07 Å². The van der Waals surface area contributed by atoms with Crippen molar-refractivity contribution in [2.24, 2.45) is 0 Å². The number of benzene rings is 1. The molecule has 1 aromatic heterocycles. The van der Waals surface area contributed by atoms with Gasteiger partial charge in [0.05, 0.1) is 11.6 Å². The average Bonchev–Trinajstić information content (AvgIpc) is 2.34. The number of nitrogens with one attached hydrogen (secondary N) is 1. The molecule has 0 bridgehead atoms. The summed E-state index contributed by atoms with van der Waals surface area (Å²) in [6.45, 7) is 4.15. The number of anilines is 2. The predicted octanol–water partition coefficient (Wildman–Crippen LogP) is 3.31. The van der Waals surface area contributed by atoms with Crippen LogP contribution >= 0.6 is 0 Å². The van der Waals surface area contributed by atoms with Gasteiger partial charge in [-0.15, -0.1) is 0 Å². The van der Waals surface area contributed by atoms with Gasteiger partial charge in [-0.05, 0) is 49.2 Å². The normalized spacial score (nSPS) is 9.71. The Kier molecular flexibility index (Phi) is 3.06. The maximum absolute atomic E-state index is 8.80. The molecule has 1 aromatic carbocycles. The summed E-state index contributed by atoms with van der Waals surface area (Å²) in [5, 5.41) is 12.0. The van der Waals surface area contributed by atoms with Gasteiger partial charge >= 0.3 is 0 Å². The number of nitriles is 1. The molecular weight excluding hydrogens is 210 g/mol. The Morgan fingerprint density at radius 1 is 1.12 bits per heavy atom. The molecule has 1 N–H and O–H groups in total. The third-order valence-corrected chi connectivity index (χ3v) is 2.67. The van der Waals surface area contributed by atoms with Crippen LogP contribution in [0.25, 0.3) is 0 Å². The fourth-order valence-electron chi connectivity index (χ4n) is 1.54. The molecule has 3 nitrogen and oxygen atoms in total. The first-order valence-electron chi connectivity index (χ1n) is 5.39. The second-order valence-electron chi connectivity index (χ2n) is 3.97. The summed E-state index contributed by atoms with van der Waals surface area (Å²) in [5.74, 6) is 0.687. The Labute approximate surface area is 101 Å². The van der Waals surface area contributed by atoms with Crippen LogP contribution in [0.5, 0.6) is 0 Å². The summed E-state index contributed by atoms with van der Waals surface area (Å²) in [5.41, 5.74) is 4.07. The number of hydrogen-bond acceptors (Lipinski definition) is 3. The van der Waals surface area contributed by atoms with Crippen LogP contribution in [0.3, 0.4) is 0 Å². The van der Waals surface area contributed by atoms with E-state index in [1.165, 1.54) is 11.1 Å². The van der Waals surface area contributed by atoms with Crippen LogP contribution in [0.15, 0.2) is 36.5 Å². The van der Waals surface area contributed by atoms with Crippen molar-refractivity contribution >= 4 is 11.5 Å². The molecule has 0 saturated heterocycles. The lowest BCUT2D eigenvalue weighted by molar-refractivity contribution is 1.28. The van der Waals surface area contributed by atoms with Crippen molar-refractivity contribution in [3.05, 3.63) is 53.2 Å². The Bertz CT molecular complexity index is 582. The van der Waals surface area contributed by atoms with Crippen molar-refractivity contribution in [2.45, 2.75) is 13.8 Å². The van der Waals surface area contributed by atoms with Crippen LogP contribution in [-0.2, 0) is 0 Å². The van der Waals surface area contributed by atoms with Crippen LogP contribution < -0.4 is 5.32 Å². The van der Waals surface area contributed by atoms with Crippen molar-refractivity contribution in [1.82, 2.24) is 4.98 Å². The fourth-order valence-corrected chi connectivity index (χ4v) is 1.54. The molecule has 0 atom stereocenters. The maximum atomic E-state index is 8.80. The highest BCUT2D eigenvalue weighted by molar-refractivity contribution is 5.59. The van der Waals surface area contributed by atoms with Gasteiger partial charge in [0.15, 0.2) is 0 Å². The minimum atomic E-state index is 0.603. The van der Waals surface area contributed by atoms with Gasteiger partial charge < -0.3 is 5.32 Å². The van der Waals surface area contributed by atoms with Gasteiger partial charge in [0.2, 0.25) is 0 Å². The van der Waals surface area contributed by atoms with Gasteiger partial charge in [-0.1, -0.05) is 6.07 Å². The van der Waals surface area contributed by atoms with E-state index in [1.54, 1.807) is 18.3 Å². The molecule has 0 aliphatic heterocycles. The number of pyridine rings is 1. The highest BCUT2D eigenvalue weighted by Crippen LogP contribution is 2.18. The van der Waals surface area contributed by atoms with E-state index >= 15 is 0 Å². The lowest BCUT2D eigenvalue weighted by Crippen LogP contribution is -1.94. The zero-order valence-corrected chi connectivity index (χ0v) is 9.86. The number of aromatic nitrogens is 1. The number of hydrogen-bond donors (Lipinski definition) is 1. The van der Waals surface area contributed by atoms with Gasteiger partial charge in [-0.25, -0.2) is 4.98 Å². The summed E-state index contributed by atoms with van der Waals surface area (Å²) in [4.78, 5) is 4.17. The molecule has 1 heterocycles. The van der Waals surface area contributed by atoms with Crippen molar-refractivity contribution in [2.75, 3.05) is 5.32 Å².